The fraction of sp³-hybridized carbons (Fsp3) is 0.462. The number of carbonyl (C=O) groups is 1. The molecule has 1 unspecified atom stereocenters. The standard InChI is InChI=1S/C13H16F3NO3S/c14-13(15,16)20-10-3-1-2-9(8-10)4-6-21-7-5-11(17)12(18)19/h1-3,8,11H,4-7,17H2,(H,18,19). The highest BCUT2D eigenvalue weighted by Crippen LogP contribution is 2.23. The quantitative estimate of drug-likeness (QED) is 0.720. The van der Waals surface area contributed by atoms with E-state index in [0.29, 0.717) is 24.3 Å². The molecule has 1 aromatic carbocycles. The van der Waals surface area contributed by atoms with Gasteiger partial charge in [-0.15, -0.1) is 13.2 Å². The third kappa shape index (κ3) is 7.81. The Labute approximate surface area is 124 Å². The lowest BCUT2D eigenvalue weighted by molar-refractivity contribution is -0.274. The number of hydrogen-bond acceptors (Lipinski definition) is 4. The highest BCUT2D eigenvalue weighted by atomic mass is 32.2. The Balaban J connectivity index is 2.32. The number of thioether (sulfide) groups is 1. The Morgan fingerprint density at radius 2 is 2.10 bits per heavy atom. The topological polar surface area (TPSA) is 72.5 Å². The lowest BCUT2D eigenvalue weighted by atomic mass is 10.2. The molecule has 0 heterocycles. The monoisotopic (exact) mass is 323 g/mol. The van der Waals surface area contributed by atoms with Crippen LogP contribution >= 0.6 is 11.8 Å². The van der Waals surface area contributed by atoms with Crippen LogP contribution in [-0.4, -0.2) is 35.0 Å². The number of aryl methyl sites for hydroxylation is 1. The van der Waals surface area contributed by atoms with E-state index >= 15 is 0 Å². The summed E-state index contributed by atoms with van der Waals surface area (Å²) in [5.41, 5.74) is 6.08. The van der Waals surface area contributed by atoms with Crippen molar-refractivity contribution < 1.29 is 27.8 Å². The number of nitrogens with two attached hydrogens (primary N) is 1. The van der Waals surface area contributed by atoms with Crippen LogP contribution in [0.2, 0.25) is 0 Å². The molecule has 8 heteroatoms. The smallest absolute Gasteiger partial charge is 0.480 e. The van der Waals surface area contributed by atoms with Gasteiger partial charge >= 0.3 is 12.3 Å². The minimum atomic E-state index is -4.69. The summed E-state index contributed by atoms with van der Waals surface area (Å²) in [6.07, 6.45) is -3.76. The van der Waals surface area contributed by atoms with Crippen molar-refractivity contribution in [3.63, 3.8) is 0 Å². The van der Waals surface area contributed by atoms with E-state index in [-0.39, 0.29) is 5.75 Å². The second-order valence-corrected chi connectivity index (χ2v) is 5.52. The number of benzene rings is 1. The van der Waals surface area contributed by atoms with Gasteiger partial charge in [-0.05, 0) is 42.0 Å². The molecule has 21 heavy (non-hydrogen) atoms. The number of carboxylic acids is 1. The predicted octanol–water partition coefficient (Wildman–Crippen LogP) is 2.66. The number of hydrogen-bond donors (Lipinski definition) is 2. The molecule has 0 bridgehead atoms. The first-order chi connectivity index (χ1) is 9.78. The second kappa shape index (κ2) is 8.14. The number of carboxylic acid groups (broad SMARTS) is 1. The van der Waals surface area contributed by atoms with Gasteiger partial charge in [-0.3, -0.25) is 4.79 Å². The molecule has 1 atom stereocenters. The van der Waals surface area contributed by atoms with Gasteiger partial charge in [0.25, 0.3) is 0 Å². The molecule has 0 amide bonds. The molecule has 0 saturated heterocycles. The minimum absolute atomic E-state index is 0.238. The largest absolute Gasteiger partial charge is 0.573 e. The summed E-state index contributed by atoms with van der Waals surface area (Å²) < 4.78 is 40.1. The lowest BCUT2D eigenvalue weighted by Crippen LogP contribution is -2.30. The van der Waals surface area contributed by atoms with E-state index in [1.807, 2.05) is 0 Å². The van der Waals surface area contributed by atoms with Gasteiger partial charge in [0.05, 0.1) is 0 Å². The molecule has 3 N–H and O–H groups in total. The second-order valence-electron chi connectivity index (χ2n) is 4.29. The molecule has 0 aliphatic rings. The first kappa shape index (κ1) is 17.6. The van der Waals surface area contributed by atoms with E-state index < -0.39 is 18.4 Å². The van der Waals surface area contributed by atoms with Crippen LogP contribution in [-0.2, 0) is 11.2 Å². The molecule has 1 aromatic rings. The van der Waals surface area contributed by atoms with Crippen LogP contribution in [0.1, 0.15) is 12.0 Å². The summed E-state index contributed by atoms with van der Waals surface area (Å²) in [5, 5.41) is 8.60. The molecular weight excluding hydrogens is 307 g/mol. The Hall–Kier alpha value is -1.41. The lowest BCUT2D eigenvalue weighted by Gasteiger charge is -2.10. The normalized spacial score (nSPS) is 13.0. The van der Waals surface area contributed by atoms with E-state index in [2.05, 4.69) is 4.74 Å². The Bertz CT molecular complexity index is 468. The predicted molar refractivity (Wildman–Crippen MR) is 74.4 cm³/mol. The van der Waals surface area contributed by atoms with Gasteiger partial charge in [-0.2, -0.15) is 11.8 Å². The van der Waals surface area contributed by atoms with Crippen LogP contribution in [0.25, 0.3) is 0 Å². The molecule has 0 radical (unpaired) electrons. The number of aliphatic carboxylic acids is 1. The van der Waals surface area contributed by atoms with Gasteiger partial charge in [0.2, 0.25) is 0 Å². The van der Waals surface area contributed by atoms with Gasteiger partial charge in [0.15, 0.2) is 0 Å². The summed E-state index contributed by atoms with van der Waals surface area (Å²) in [5.74, 6) is -0.0147. The fourth-order valence-corrected chi connectivity index (χ4v) is 2.53. The number of rotatable bonds is 8. The molecule has 0 fully saturated rings. The van der Waals surface area contributed by atoms with Crippen LogP contribution in [0.5, 0.6) is 5.75 Å². The van der Waals surface area contributed by atoms with E-state index in [1.165, 1.54) is 30.0 Å². The summed E-state index contributed by atoms with van der Waals surface area (Å²) in [6.45, 7) is 0. The maximum atomic E-state index is 12.1. The highest BCUT2D eigenvalue weighted by Gasteiger charge is 2.31. The third-order valence-electron chi connectivity index (χ3n) is 2.56. The summed E-state index contributed by atoms with van der Waals surface area (Å²) in [6, 6.07) is 4.93. The van der Waals surface area contributed by atoms with Gasteiger partial charge in [-0.25, -0.2) is 0 Å². The molecule has 4 nitrogen and oxygen atoms in total. The molecule has 0 aliphatic heterocycles. The van der Waals surface area contributed by atoms with Crippen molar-refractivity contribution in [2.45, 2.75) is 25.2 Å². The van der Waals surface area contributed by atoms with Crippen molar-refractivity contribution in [1.29, 1.82) is 0 Å². The SMILES string of the molecule is NC(CCSCCc1cccc(OC(F)(F)F)c1)C(=O)O. The van der Waals surface area contributed by atoms with Gasteiger partial charge in [-0.1, -0.05) is 12.1 Å². The molecule has 0 aromatic heterocycles. The van der Waals surface area contributed by atoms with Crippen LogP contribution in [0.3, 0.4) is 0 Å². The highest BCUT2D eigenvalue weighted by molar-refractivity contribution is 7.99. The molecular formula is C13H16F3NO3S. The van der Waals surface area contributed by atoms with Crippen molar-refractivity contribution in [1.82, 2.24) is 0 Å². The van der Waals surface area contributed by atoms with Gasteiger partial charge in [0.1, 0.15) is 11.8 Å². The van der Waals surface area contributed by atoms with Gasteiger partial charge < -0.3 is 15.6 Å². The average molecular weight is 323 g/mol. The fourth-order valence-electron chi connectivity index (χ4n) is 1.52. The molecule has 0 saturated carbocycles. The average Bonchev–Trinajstić information content (AvgIpc) is 2.36. The summed E-state index contributed by atoms with van der Waals surface area (Å²) >= 11 is 1.51. The maximum absolute atomic E-state index is 12.1. The van der Waals surface area contributed by atoms with Crippen molar-refractivity contribution >= 4 is 17.7 Å². The maximum Gasteiger partial charge on any atom is 0.573 e. The number of halogens is 3. The van der Waals surface area contributed by atoms with Crippen LogP contribution in [0.15, 0.2) is 24.3 Å². The Morgan fingerprint density at radius 1 is 1.38 bits per heavy atom. The minimum Gasteiger partial charge on any atom is -0.480 e. The zero-order valence-electron chi connectivity index (χ0n) is 11.1. The summed E-state index contributed by atoms with van der Waals surface area (Å²) in [4.78, 5) is 10.5. The van der Waals surface area contributed by atoms with Gasteiger partial charge in [0, 0.05) is 0 Å². The van der Waals surface area contributed by atoms with Crippen molar-refractivity contribution in [2.75, 3.05) is 11.5 Å². The van der Waals surface area contributed by atoms with Crippen LogP contribution < -0.4 is 10.5 Å². The Kier molecular flexibility index (Phi) is 6.83. The molecule has 0 aliphatic carbocycles. The van der Waals surface area contributed by atoms with Crippen molar-refractivity contribution in [2.24, 2.45) is 5.73 Å². The first-order valence-electron chi connectivity index (χ1n) is 6.19. The number of ether oxygens (including phenoxy) is 1. The van der Waals surface area contributed by atoms with Crippen molar-refractivity contribution in [3.05, 3.63) is 29.8 Å². The van der Waals surface area contributed by atoms with E-state index in [0.717, 1.165) is 5.56 Å². The zero-order chi connectivity index (χ0) is 15.9. The van der Waals surface area contributed by atoms with Crippen LogP contribution in [0, 0.1) is 0 Å². The number of alkyl halides is 3. The molecule has 1 rings (SSSR count). The molecule has 118 valence electrons. The van der Waals surface area contributed by atoms with E-state index in [9.17, 15) is 18.0 Å². The van der Waals surface area contributed by atoms with Crippen LogP contribution in [0.4, 0.5) is 13.2 Å². The Morgan fingerprint density at radius 3 is 2.71 bits per heavy atom. The third-order valence-corrected chi connectivity index (χ3v) is 3.57. The zero-order valence-corrected chi connectivity index (χ0v) is 11.9. The molecule has 0 spiro atoms. The summed E-state index contributed by atoms with van der Waals surface area (Å²) in [7, 11) is 0. The van der Waals surface area contributed by atoms with E-state index in [4.69, 9.17) is 10.8 Å². The van der Waals surface area contributed by atoms with E-state index in [1.54, 1.807) is 6.07 Å². The van der Waals surface area contributed by atoms with Crippen molar-refractivity contribution in [3.8, 4) is 5.75 Å². The first-order valence-corrected chi connectivity index (χ1v) is 7.34.